The van der Waals surface area contributed by atoms with E-state index in [0.717, 1.165) is 0 Å². The van der Waals surface area contributed by atoms with Crippen LogP contribution < -0.4 is 10.6 Å². The summed E-state index contributed by atoms with van der Waals surface area (Å²) in [6.07, 6.45) is 0.423. The maximum Gasteiger partial charge on any atom is 0.408 e. The molecule has 10 heteroatoms. The monoisotopic (exact) mass is 539 g/mol. The lowest BCUT2D eigenvalue weighted by molar-refractivity contribution is -0.163. The lowest BCUT2D eigenvalue weighted by Crippen LogP contribution is -2.59. The van der Waals surface area contributed by atoms with Crippen LogP contribution in [0.4, 0.5) is 4.79 Å². The smallest absolute Gasteiger partial charge is 0.408 e. The first-order chi connectivity index (χ1) is 17.0. The van der Waals surface area contributed by atoms with Crippen LogP contribution in [0.1, 0.15) is 102 Å². The number of hydrogen-bond donors (Lipinski definition) is 2. The minimum absolute atomic E-state index is 0.249. The van der Waals surface area contributed by atoms with Crippen molar-refractivity contribution in [1.29, 1.82) is 0 Å². The third-order valence-electron chi connectivity index (χ3n) is 5.89. The van der Waals surface area contributed by atoms with Gasteiger partial charge < -0.3 is 25.0 Å². The van der Waals surface area contributed by atoms with Crippen molar-refractivity contribution in [1.82, 2.24) is 15.5 Å². The zero-order valence-electron chi connectivity index (χ0n) is 25.4. The van der Waals surface area contributed by atoms with Gasteiger partial charge in [-0.05, 0) is 65.2 Å². The number of esters is 1. The van der Waals surface area contributed by atoms with Gasteiger partial charge in [-0.1, -0.05) is 48.0 Å². The Balaban J connectivity index is 3.22. The maximum absolute atomic E-state index is 13.8. The van der Waals surface area contributed by atoms with Crippen LogP contribution in [0.25, 0.3) is 0 Å². The highest BCUT2D eigenvalue weighted by atomic mass is 16.6. The summed E-state index contributed by atoms with van der Waals surface area (Å²) in [5.74, 6) is -2.78. The number of hydrogen-bond acceptors (Lipinski definition) is 7. The molecule has 3 atom stereocenters. The van der Waals surface area contributed by atoms with Gasteiger partial charge in [-0.25, -0.2) is 9.59 Å². The van der Waals surface area contributed by atoms with Crippen LogP contribution in [-0.2, 0) is 28.7 Å². The first-order valence-corrected chi connectivity index (χ1v) is 13.3. The van der Waals surface area contributed by atoms with E-state index in [1.807, 2.05) is 41.5 Å². The van der Waals surface area contributed by atoms with E-state index in [4.69, 9.17) is 9.47 Å². The molecular weight excluding hydrogens is 490 g/mol. The standard InChI is InChI=1S/C28H49N3O7/c1-13-14-17(19(32)23(35)37-26(5,6)7)29-21(33)18-15-28(11,12)16-31(18)22(34)20(25(2,3)4)30-24(36)38-27(8,9)10/h17-18,20H,13-16H2,1-12H3,(H,29,33)(H,30,36)/t17?,18-,20-/m0/s1. The summed E-state index contributed by atoms with van der Waals surface area (Å²) in [4.78, 5) is 66.6. The molecule has 0 aromatic heterocycles. The number of nitrogens with zero attached hydrogens (tertiary/aromatic N) is 1. The molecule has 1 aliphatic rings. The summed E-state index contributed by atoms with van der Waals surface area (Å²) >= 11 is 0. The highest BCUT2D eigenvalue weighted by molar-refractivity contribution is 6.36. The summed E-state index contributed by atoms with van der Waals surface area (Å²) in [6, 6.07) is -2.91. The van der Waals surface area contributed by atoms with Gasteiger partial charge in [0.2, 0.25) is 11.8 Å². The Morgan fingerprint density at radius 2 is 1.42 bits per heavy atom. The molecule has 2 N–H and O–H groups in total. The van der Waals surface area contributed by atoms with E-state index in [-0.39, 0.29) is 18.4 Å². The quantitative estimate of drug-likeness (QED) is 0.355. The topological polar surface area (TPSA) is 131 Å². The van der Waals surface area contributed by atoms with E-state index in [1.54, 1.807) is 41.5 Å². The van der Waals surface area contributed by atoms with E-state index < -0.39 is 64.4 Å². The third-order valence-corrected chi connectivity index (χ3v) is 5.89. The lowest BCUT2D eigenvalue weighted by Gasteiger charge is -2.36. The van der Waals surface area contributed by atoms with Gasteiger partial charge in [0.25, 0.3) is 5.78 Å². The second kappa shape index (κ2) is 12.0. The fourth-order valence-electron chi connectivity index (χ4n) is 4.27. The molecule has 0 aliphatic carbocycles. The second-order valence-electron chi connectivity index (χ2n) is 14.0. The first kappa shape index (κ1) is 33.4. The Labute approximate surface area is 227 Å². The van der Waals surface area contributed by atoms with Gasteiger partial charge in [0.1, 0.15) is 23.3 Å². The number of rotatable bonds is 8. The van der Waals surface area contributed by atoms with Crippen LogP contribution in [0.3, 0.4) is 0 Å². The van der Waals surface area contributed by atoms with E-state index in [2.05, 4.69) is 10.6 Å². The molecule has 3 amide bonds. The van der Waals surface area contributed by atoms with Crippen molar-refractivity contribution in [3.05, 3.63) is 0 Å². The van der Waals surface area contributed by atoms with Crippen molar-refractivity contribution in [3.63, 3.8) is 0 Å². The maximum atomic E-state index is 13.8. The molecule has 0 aromatic rings. The van der Waals surface area contributed by atoms with Gasteiger partial charge in [-0.2, -0.15) is 0 Å². The molecule has 0 aromatic carbocycles. The average Bonchev–Trinajstić information content (AvgIpc) is 3.03. The van der Waals surface area contributed by atoms with E-state index >= 15 is 0 Å². The van der Waals surface area contributed by atoms with Crippen molar-refractivity contribution in [2.75, 3.05) is 6.54 Å². The molecule has 0 spiro atoms. The van der Waals surface area contributed by atoms with Crippen molar-refractivity contribution < 1.29 is 33.4 Å². The van der Waals surface area contributed by atoms with E-state index in [0.29, 0.717) is 12.8 Å². The summed E-state index contributed by atoms with van der Waals surface area (Å²) in [5, 5.41) is 5.40. The number of alkyl carbamates (subject to hydrolysis) is 1. The second-order valence-corrected chi connectivity index (χ2v) is 14.0. The highest BCUT2D eigenvalue weighted by Crippen LogP contribution is 2.36. The fourth-order valence-corrected chi connectivity index (χ4v) is 4.27. The van der Waals surface area contributed by atoms with E-state index in [1.165, 1.54) is 4.90 Å². The van der Waals surface area contributed by atoms with Gasteiger partial charge in [-0.15, -0.1) is 0 Å². The van der Waals surface area contributed by atoms with E-state index in [9.17, 15) is 24.0 Å². The Morgan fingerprint density at radius 1 is 0.895 bits per heavy atom. The number of nitrogens with one attached hydrogen (secondary N) is 2. The minimum Gasteiger partial charge on any atom is -0.454 e. The number of carbonyl (C=O) groups is 5. The SMILES string of the molecule is CCCC(NC(=O)[C@@H]1CC(C)(C)CN1C(=O)[C@H](NC(=O)OC(C)(C)C)C(C)(C)C)C(=O)C(=O)OC(C)(C)C. The Kier molecular flexibility index (Phi) is 10.6. The number of carbonyl (C=O) groups excluding carboxylic acids is 5. The van der Waals surface area contributed by atoms with Gasteiger partial charge in [-0.3, -0.25) is 14.4 Å². The highest BCUT2D eigenvalue weighted by Gasteiger charge is 2.48. The number of amides is 3. The van der Waals surface area contributed by atoms with Crippen LogP contribution in [0.2, 0.25) is 0 Å². The van der Waals surface area contributed by atoms with Gasteiger partial charge in [0.15, 0.2) is 0 Å². The van der Waals surface area contributed by atoms with Crippen LogP contribution in [0, 0.1) is 10.8 Å². The molecule has 10 nitrogen and oxygen atoms in total. The Hall–Kier alpha value is -2.65. The van der Waals surface area contributed by atoms with Gasteiger partial charge in [0, 0.05) is 6.54 Å². The predicted octanol–water partition coefficient (Wildman–Crippen LogP) is 3.75. The van der Waals surface area contributed by atoms with Crippen molar-refractivity contribution in [3.8, 4) is 0 Å². The Bertz CT molecular complexity index is 907. The molecule has 1 aliphatic heterocycles. The molecule has 1 fully saturated rings. The molecule has 38 heavy (non-hydrogen) atoms. The number of ether oxygens (including phenoxy) is 2. The van der Waals surface area contributed by atoms with Crippen LogP contribution in [0.15, 0.2) is 0 Å². The molecule has 0 radical (unpaired) electrons. The van der Waals surface area contributed by atoms with Crippen LogP contribution in [-0.4, -0.2) is 70.4 Å². The summed E-state index contributed by atoms with van der Waals surface area (Å²) in [6.45, 7) is 21.6. The largest absolute Gasteiger partial charge is 0.454 e. The van der Waals surface area contributed by atoms with Crippen LogP contribution >= 0.6 is 0 Å². The zero-order chi connectivity index (χ0) is 29.9. The zero-order valence-corrected chi connectivity index (χ0v) is 25.4. The molecule has 0 saturated carbocycles. The molecular formula is C28H49N3O7. The summed E-state index contributed by atoms with van der Waals surface area (Å²) in [7, 11) is 0. The van der Waals surface area contributed by atoms with Gasteiger partial charge >= 0.3 is 12.1 Å². The number of ketones is 1. The van der Waals surface area contributed by atoms with Crippen LogP contribution in [0.5, 0.6) is 0 Å². The first-order valence-electron chi connectivity index (χ1n) is 13.3. The van der Waals surface area contributed by atoms with Crippen molar-refractivity contribution >= 4 is 29.7 Å². The number of likely N-dealkylation sites (tertiary alicyclic amines) is 1. The predicted molar refractivity (Wildman–Crippen MR) is 144 cm³/mol. The molecule has 1 rings (SSSR count). The van der Waals surface area contributed by atoms with Gasteiger partial charge in [0.05, 0.1) is 6.04 Å². The minimum atomic E-state index is -1.07. The molecule has 0 bridgehead atoms. The average molecular weight is 540 g/mol. The molecule has 1 saturated heterocycles. The summed E-state index contributed by atoms with van der Waals surface area (Å²) in [5.41, 5.74) is -2.67. The van der Waals surface area contributed by atoms with Crippen molar-refractivity contribution in [2.45, 2.75) is 132 Å². The molecule has 1 heterocycles. The Morgan fingerprint density at radius 3 is 1.87 bits per heavy atom. The lowest BCUT2D eigenvalue weighted by atomic mass is 9.85. The summed E-state index contributed by atoms with van der Waals surface area (Å²) < 4.78 is 10.6. The van der Waals surface area contributed by atoms with Crippen molar-refractivity contribution in [2.24, 2.45) is 10.8 Å². The fraction of sp³-hybridized carbons (Fsp3) is 0.821. The molecule has 218 valence electrons. The normalized spacial score (nSPS) is 19.3. The number of Topliss-reactive ketones (excluding diaryl/α,β-unsaturated/α-hetero) is 1. The third kappa shape index (κ3) is 10.3. The molecule has 1 unspecified atom stereocenters.